The van der Waals surface area contributed by atoms with Gasteiger partial charge in [0.15, 0.2) is 10.3 Å². The number of thioether (sulfide) groups is 1. The topological polar surface area (TPSA) is 72.7 Å². The number of carbonyl (C=O) groups is 1. The first-order chi connectivity index (χ1) is 14.1. The fourth-order valence-electron chi connectivity index (χ4n) is 3.66. The highest BCUT2D eigenvalue weighted by atomic mass is 32.2. The van der Waals surface area contributed by atoms with Crippen LogP contribution in [0.5, 0.6) is 0 Å². The lowest BCUT2D eigenvalue weighted by Crippen LogP contribution is -2.14. The van der Waals surface area contributed by atoms with E-state index in [9.17, 15) is 4.79 Å². The molecule has 2 aromatic heterocycles. The number of carbonyl (C=O) groups excluding carboxylic acids is 1. The second kappa shape index (κ2) is 9.09. The summed E-state index contributed by atoms with van der Waals surface area (Å²) in [4.78, 5) is 17.0. The molecular weight excluding hydrogens is 402 g/mol. The highest BCUT2D eigenvalue weighted by Gasteiger charge is 2.24. The predicted octanol–water partition coefficient (Wildman–Crippen LogP) is 5.12. The zero-order valence-corrected chi connectivity index (χ0v) is 18.4. The van der Waals surface area contributed by atoms with Crippen molar-refractivity contribution >= 4 is 34.1 Å². The Kier molecular flexibility index (Phi) is 6.30. The van der Waals surface area contributed by atoms with E-state index in [0.717, 1.165) is 28.8 Å². The van der Waals surface area contributed by atoms with Gasteiger partial charge in [-0.3, -0.25) is 4.79 Å². The van der Waals surface area contributed by atoms with Crippen LogP contribution in [0.4, 0.5) is 5.13 Å². The van der Waals surface area contributed by atoms with Crippen LogP contribution < -0.4 is 5.32 Å². The SMILES string of the molecule is CCn1c(SCC(=O)Nc2nc(-c3ccc(C)cc3)cs2)nnc1C1CCCC1. The van der Waals surface area contributed by atoms with Gasteiger partial charge < -0.3 is 9.88 Å². The van der Waals surface area contributed by atoms with Gasteiger partial charge in [0.1, 0.15) is 5.82 Å². The van der Waals surface area contributed by atoms with Gasteiger partial charge in [0.2, 0.25) is 5.91 Å². The molecule has 1 amide bonds. The zero-order chi connectivity index (χ0) is 20.2. The molecule has 0 aliphatic heterocycles. The number of rotatable bonds is 7. The second-order valence-electron chi connectivity index (χ2n) is 7.31. The number of thiazole rings is 1. The van der Waals surface area contributed by atoms with Crippen molar-refractivity contribution in [2.75, 3.05) is 11.1 Å². The molecule has 0 spiro atoms. The van der Waals surface area contributed by atoms with Crippen molar-refractivity contribution in [2.45, 2.75) is 57.1 Å². The number of amides is 1. The van der Waals surface area contributed by atoms with E-state index in [1.54, 1.807) is 0 Å². The molecule has 0 saturated heterocycles. The third-order valence-electron chi connectivity index (χ3n) is 5.21. The van der Waals surface area contributed by atoms with E-state index in [2.05, 4.69) is 51.0 Å². The lowest BCUT2D eigenvalue weighted by atomic mass is 10.1. The molecule has 1 aliphatic rings. The first-order valence-corrected chi connectivity index (χ1v) is 11.9. The third kappa shape index (κ3) is 4.70. The van der Waals surface area contributed by atoms with Gasteiger partial charge in [-0.05, 0) is 26.7 Å². The first kappa shape index (κ1) is 20.1. The van der Waals surface area contributed by atoms with Crippen LogP contribution in [0.15, 0.2) is 34.8 Å². The van der Waals surface area contributed by atoms with E-state index < -0.39 is 0 Å². The highest BCUT2D eigenvalue weighted by Crippen LogP contribution is 2.34. The Morgan fingerprint density at radius 2 is 2.00 bits per heavy atom. The van der Waals surface area contributed by atoms with E-state index in [1.165, 1.54) is 54.3 Å². The second-order valence-corrected chi connectivity index (χ2v) is 9.11. The van der Waals surface area contributed by atoms with Crippen molar-refractivity contribution in [1.82, 2.24) is 19.7 Å². The summed E-state index contributed by atoms with van der Waals surface area (Å²) in [5.74, 6) is 1.81. The van der Waals surface area contributed by atoms with Gasteiger partial charge in [-0.25, -0.2) is 4.98 Å². The Morgan fingerprint density at radius 1 is 1.24 bits per heavy atom. The van der Waals surface area contributed by atoms with Crippen molar-refractivity contribution in [1.29, 1.82) is 0 Å². The highest BCUT2D eigenvalue weighted by molar-refractivity contribution is 7.99. The standard InChI is InChI=1S/C21H25N5OS2/c1-3-26-19(16-6-4-5-7-16)24-25-21(26)29-13-18(27)23-20-22-17(12-28-20)15-10-8-14(2)9-11-15/h8-12,16H,3-7,13H2,1-2H3,(H,22,23,27). The van der Waals surface area contributed by atoms with E-state index in [1.807, 2.05) is 17.5 Å². The molecule has 1 aliphatic carbocycles. The lowest BCUT2D eigenvalue weighted by molar-refractivity contribution is -0.113. The van der Waals surface area contributed by atoms with E-state index in [4.69, 9.17) is 0 Å². The minimum absolute atomic E-state index is 0.0760. The Morgan fingerprint density at radius 3 is 2.72 bits per heavy atom. The predicted molar refractivity (Wildman–Crippen MR) is 119 cm³/mol. The molecule has 1 N–H and O–H groups in total. The zero-order valence-electron chi connectivity index (χ0n) is 16.7. The maximum absolute atomic E-state index is 12.4. The molecule has 1 fully saturated rings. The smallest absolute Gasteiger partial charge is 0.236 e. The molecule has 2 heterocycles. The molecule has 0 radical (unpaired) electrons. The number of anilines is 1. The molecule has 4 rings (SSSR count). The van der Waals surface area contributed by atoms with E-state index in [-0.39, 0.29) is 5.91 Å². The molecule has 1 saturated carbocycles. The van der Waals surface area contributed by atoms with Crippen LogP contribution in [0, 0.1) is 6.92 Å². The number of nitrogens with zero attached hydrogens (tertiary/aromatic N) is 4. The Labute approximate surface area is 179 Å². The number of hydrogen-bond acceptors (Lipinski definition) is 6. The minimum Gasteiger partial charge on any atom is -0.306 e. The molecule has 6 nitrogen and oxygen atoms in total. The number of benzene rings is 1. The molecule has 1 aromatic carbocycles. The van der Waals surface area contributed by atoms with Crippen LogP contribution >= 0.6 is 23.1 Å². The molecule has 152 valence electrons. The third-order valence-corrected chi connectivity index (χ3v) is 6.94. The monoisotopic (exact) mass is 427 g/mol. The summed E-state index contributed by atoms with van der Waals surface area (Å²) in [5.41, 5.74) is 3.15. The summed E-state index contributed by atoms with van der Waals surface area (Å²) >= 11 is 2.88. The maximum Gasteiger partial charge on any atom is 0.236 e. The molecule has 8 heteroatoms. The fraction of sp³-hybridized carbons (Fsp3) is 0.429. The van der Waals surface area contributed by atoms with Crippen LogP contribution in [0.25, 0.3) is 11.3 Å². The van der Waals surface area contributed by atoms with Crippen molar-refractivity contribution < 1.29 is 4.79 Å². The molecular formula is C21H25N5OS2. The van der Waals surface area contributed by atoms with Crippen molar-refractivity contribution in [3.63, 3.8) is 0 Å². The molecule has 3 aromatic rings. The first-order valence-electron chi connectivity index (χ1n) is 10.0. The van der Waals surface area contributed by atoms with Crippen LogP contribution in [0.1, 0.15) is 49.9 Å². The van der Waals surface area contributed by atoms with Crippen molar-refractivity contribution in [3.8, 4) is 11.3 Å². The number of hydrogen-bond donors (Lipinski definition) is 1. The van der Waals surface area contributed by atoms with E-state index >= 15 is 0 Å². The van der Waals surface area contributed by atoms with Gasteiger partial charge in [-0.1, -0.05) is 54.4 Å². The Balaban J connectivity index is 1.35. The van der Waals surface area contributed by atoms with Crippen LogP contribution in [-0.2, 0) is 11.3 Å². The fourth-order valence-corrected chi connectivity index (χ4v) is 5.21. The summed E-state index contributed by atoms with van der Waals surface area (Å²) in [6.07, 6.45) is 4.92. The number of nitrogens with one attached hydrogen (secondary N) is 1. The largest absolute Gasteiger partial charge is 0.306 e. The molecule has 0 bridgehead atoms. The summed E-state index contributed by atoms with van der Waals surface area (Å²) < 4.78 is 2.16. The van der Waals surface area contributed by atoms with Crippen molar-refractivity contribution in [2.24, 2.45) is 0 Å². The average molecular weight is 428 g/mol. The van der Waals surface area contributed by atoms with Gasteiger partial charge in [0.05, 0.1) is 11.4 Å². The minimum atomic E-state index is -0.0760. The molecule has 0 atom stereocenters. The van der Waals surface area contributed by atoms with Crippen LogP contribution in [0.3, 0.4) is 0 Å². The van der Waals surface area contributed by atoms with Gasteiger partial charge in [-0.15, -0.1) is 21.5 Å². The summed E-state index contributed by atoms with van der Waals surface area (Å²) in [6.45, 7) is 4.99. The van der Waals surface area contributed by atoms with Gasteiger partial charge in [0, 0.05) is 23.4 Å². The average Bonchev–Trinajstić information content (AvgIpc) is 3.47. The van der Waals surface area contributed by atoms with Gasteiger partial charge in [-0.2, -0.15) is 0 Å². The Bertz CT molecular complexity index is 973. The summed E-state index contributed by atoms with van der Waals surface area (Å²) in [5, 5.41) is 15.1. The van der Waals surface area contributed by atoms with Crippen LogP contribution in [-0.4, -0.2) is 31.4 Å². The number of aryl methyl sites for hydroxylation is 1. The quantitative estimate of drug-likeness (QED) is 0.530. The lowest BCUT2D eigenvalue weighted by Gasteiger charge is -2.11. The van der Waals surface area contributed by atoms with Gasteiger partial charge >= 0.3 is 0 Å². The Hall–Kier alpha value is -2.19. The molecule has 0 unspecified atom stereocenters. The van der Waals surface area contributed by atoms with Crippen LogP contribution in [0.2, 0.25) is 0 Å². The number of aromatic nitrogens is 4. The molecule has 29 heavy (non-hydrogen) atoms. The normalized spacial score (nSPS) is 14.4. The van der Waals surface area contributed by atoms with Crippen molar-refractivity contribution in [3.05, 3.63) is 41.0 Å². The summed E-state index contributed by atoms with van der Waals surface area (Å²) in [6, 6.07) is 8.22. The maximum atomic E-state index is 12.4. The van der Waals surface area contributed by atoms with E-state index in [0.29, 0.717) is 16.8 Å². The van der Waals surface area contributed by atoms with Gasteiger partial charge in [0.25, 0.3) is 0 Å². The summed E-state index contributed by atoms with van der Waals surface area (Å²) in [7, 11) is 0.